The molecular weight excluding hydrogens is 442 g/mol. The van der Waals surface area contributed by atoms with Crippen molar-refractivity contribution in [3.63, 3.8) is 0 Å². The first kappa shape index (κ1) is 25.7. The molecule has 3 rings (SSSR count). The summed E-state index contributed by atoms with van der Waals surface area (Å²) < 4.78 is 11.0. The molecule has 0 fully saturated rings. The van der Waals surface area contributed by atoms with Crippen molar-refractivity contribution in [2.75, 3.05) is 11.9 Å². The average molecular weight is 474 g/mol. The van der Waals surface area contributed by atoms with E-state index in [9.17, 15) is 14.4 Å². The fourth-order valence-electron chi connectivity index (χ4n) is 3.38. The molecule has 35 heavy (non-hydrogen) atoms. The van der Waals surface area contributed by atoms with Gasteiger partial charge in [0.15, 0.2) is 12.4 Å². The zero-order valence-electron chi connectivity index (χ0n) is 20.6. The van der Waals surface area contributed by atoms with Crippen molar-refractivity contribution in [3.8, 4) is 11.5 Å². The van der Waals surface area contributed by atoms with Crippen LogP contribution in [0.3, 0.4) is 0 Å². The minimum Gasteiger partial charge on any atom is -0.457 e. The third-order valence-corrected chi connectivity index (χ3v) is 5.69. The number of hydrogen-bond acceptors (Lipinski definition) is 5. The quantitative estimate of drug-likeness (QED) is 0.278. The second-order valence-corrected chi connectivity index (χ2v) is 8.68. The lowest BCUT2D eigenvalue weighted by atomic mass is 10.0. The number of aryl methyl sites for hydroxylation is 4. The smallest absolute Gasteiger partial charge is 0.306 e. The number of carbonyl (C=O) groups excluding carboxylic acids is 3. The van der Waals surface area contributed by atoms with Gasteiger partial charge in [0.25, 0.3) is 0 Å². The van der Waals surface area contributed by atoms with E-state index >= 15 is 0 Å². The summed E-state index contributed by atoms with van der Waals surface area (Å²) >= 11 is 0. The number of benzene rings is 3. The maximum absolute atomic E-state index is 12.2. The Balaban J connectivity index is 1.38. The first-order chi connectivity index (χ1) is 16.7. The highest BCUT2D eigenvalue weighted by atomic mass is 16.5. The summed E-state index contributed by atoms with van der Waals surface area (Å²) in [5, 5.41) is 2.81. The average Bonchev–Trinajstić information content (AvgIpc) is 2.83. The summed E-state index contributed by atoms with van der Waals surface area (Å²) in [5.74, 6) is 0.526. The highest BCUT2D eigenvalue weighted by Crippen LogP contribution is 2.27. The van der Waals surface area contributed by atoms with Crippen molar-refractivity contribution in [1.29, 1.82) is 0 Å². The summed E-state index contributed by atoms with van der Waals surface area (Å²) in [6.07, 6.45) is 0.563. The largest absolute Gasteiger partial charge is 0.457 e. The van der Waals surface area contributed by atoms with Gasteiger partial charge >= 0.3 is 5.97 Å². The van der Waals surface area contributed by atoms with E-state index in [2.05, 4.69) is 5.32 Å². The molecule has 0 aliphatic carbocycles. The molecule has 0 aliphatic rings. The van der Waals surface area contributed by atoms with Gasteiger partial charge in [0.1, 0.15) is 11.5 Å². The summed E-state index contributed by atoms with van der Waals surface area (Å²) in [6, 6.07) is 18.5. The highest BCUT2D eigenvalue weighted by molar-refractivity contribution is 5.98. The minimum atomic E-state index is -0.497. The van der Waals surface area contributed by atoms with E-state index in [4.69, 9.17) is 9.47 Å². The van der Waals surface area contributed by atoms with E-state index in [0.29, 0.717) is 23.4 Å². The fraction of sp³-hybridized carbons (Fsp3) is 0.276. The molecule has 0 radical (unpaired) electrons. The summed E-state index contributed by atoms with van der Waals surface area (Å²) in [5.41, 5.74) is 5.43. The predicted octanol–water partition coefficient (Wildman–Crippen LogP) is 6.25. The molecule has 0 unspecified atom stereocenters. The number of amides is 1. The first-order valence-corrected chi connectivity index (χ1v) is 11.6. The van der Waals surface area contributed by atoms with E-state index in [1.54, 1.807) is 36.4 Å². The number of Topliss-reactive ketones (excluding diaryl/α,β-unsaturated/α-hetero) is 1. The molecule has 0 aromatic heterocycles. The Kier molecular flexibility index (Phi) is 8.79. The molecule has 0 atom stereocenters. The van der Waals surface area contributed by atoms with Gasteiger partial charge in [-0.15, -0.1) is 0 Å². The molecule has 0 saturated carbocycles. The number of hydrogen-bond donors (Lipinski definition) is 1. The Bertz CT molecular complexity index is 1210. The van der Waals surface area contributed by atoms with Crippen LogP contribution in [0.25, 0.3) is 0 Å². The molecule has 1 amide bonds. The standard InChI is InChI=1S/C29H31NO5/c1-19-8-9-21(3)27(16-19)35-25-14-12-24(13-15-25)30-28(32)6-5-7-29(33)34-18-26(31)23-11-10-20(2)22(4)17-23/h8-17H,5-7,18H2,1-4H3,(H,30,32). The van der Waals surface area contributed by atoms with Gasteiger partial charge in [-0.25, -0.2) is 0 Å². The summed E-state index contributed by atoms with van der Waals surface area (Å²) in [7, 11) is 0. The topological polar surface area (TPSA) is 81.7 Å². The molecule has 0 aliphatic heterocycles. The fourth-order valence-corrected chi connectivity index (χ4v) is 3.38. The predicted molar refractivity (Wildman–Crippen MR) is 136 cm³/mol. The van der Waals surface area contributed by atoms with Crippen molar-refractivity contribution >= 4 is 23.3 Å². The highest BCUT2D eigenvalue weighted by Gasteiger charge is 2.12. The molecule has 6 heteroatoms. The second kappa shape index (κ2) is 12.0. The van der Waals surface area contributed by atoms with Gasteiger partial charge in [-0.1, -0.05) is 24.3 Å². The van der Waals surface area contributed by atoms with Crippen LogP contribution in [-0.2, 0) is 14.3 Å². The molecule has 3 aromatic rings. The zero-order chi connectivity index (χ0) is 25.4. The summed E-state index contributed by atoms with van der Waals surface area (Å²) in [6.45, 7) is 7.59. The van der Waals surface area contributed by atoms with Crippen LogP contribution in [0.4, 0.5) is 5.69 Å². The SMILES string of the molecule is Cc1ccc(C)c(Oc2ccc(NC(=O)CCCC(=O)OCC(=O)c3ccc(C)c(C)c3)cc2)c1. The Morgan fingerprint density at radius 1 is 0.771 bits per heavy atom. The number of rotatable bonds is 10. The minimum absolute atomic E-state index is 0.0657. The van der Waals surface area contributed by atoms with Crippen LogP contribution in [0.2, 0.25) is 0 Å². The van der Waals surface area contributed by atoms with Crippen LogP contribution in [-0.4, -0.2) is 24.3 Å². The van der Waals surface area contributed by atoms with E-state index in [1.165, 1.54) is 0 Å². The Morgan fingerprint density at radius 2 is 1.49 bits per heavy atom. The third kappa shape index (κ3) is 7.81. The van der Waals surface area contributed by atoms with E-state index in [0.717, 1.165) is 28.0 Å². The number of esters is 1. The lowest BCUT2D eigenvalue weighted by molar-refractivity contribution is -0.142. The molecule has 0 bridgehead atoms. The summed E-state index contributed by atoms with van der Waals surface area (Å²) in [4.78, 5) is 36.4. The molecular formula is C29H31NO5. The van der Waals surface area contributed by atoms with Gasteiger partial charge in [0, 0.05) is 24.1 Å². The van der Waals surface area contributed by atoms with Crippen molar-refractivity contribution in [3.05, 3.63) is 88.5 Å². The molecule has 6 nitrogen and oxygen atoms in total. The Hall–Kier alpha value is -3.93. The second-order valence-electron chi connectivity index (χ2n) is 8.68. The van der Waals surface area contributed by atoms with Gasteiger partial charge in [-0.3, -0.25) is 14.4 Å². The van der Waals surface area contributed by atoms with Gasteiger partial charge in [-0.05, 0) is 92.8 Å². The van der Waals surface area contributed by atoms with Gasteiger partial charge in [0.05, 0.1) is 0 Å². The Labute approximate surface area is 206 Å². The van der Waals surface area contributed by atoms with Crippen LogP contribution in [0, 0.1) is 27.7 Å². The van der Waals surface area contributed by atoms with Gasteiger partial charge in [-0.2, -0.15) is 0 Å². The van der Waals surface area contributed by atoms with E-state index < -0.39 is 5.97 Å². The maximum atomic E-state index is 12.2. The molecule has 3 aromatic carbocycles. The number of ether oxygens (including phenoxy) is 2. The van der Waals surface area contributed by atoms with E-state index in [-0.39, 0.29) is 31.1 Å². The zero-order valence-corrected chi connectivity index (χ0v) is 20.6. The lowest BCUT2D eigenvalue weighted by Gasteiger charge is -2.11. The molecule has 1 N–H and O–H groups in total. The molecule has 0 spiro atoms. The number of ketones is 1. The molecule has 0 heterocycles. The molecule has 0 saturated heterocycles. The third-order valence-electron chi connectivity index (χ3n) is 5.69. The maximum Gasteiger partial charge on any atom is 0.306 e. The van der Waals surface area contributed by atoms with Crippen LogP contribution >= 0.6 is 0 Å². The van der Waals surface area contributed by atoms with Crippen LogP contribution < -0.4 is 10.1 Å². The van der Waals surface area contributed by atoms with Gasteiger partial charge < -0.3 is 14.8 Å². The van der Waals surface area contributed by atoms with Crippen molar-refractivity contribution in [2.45, 2.75) is 47.0 Å². The normalized spacial score (nSPS) is 10.5. The monoisotopic (exact) mass is 473 g/mol. The van der Waals surface area contributed by atoms with Crippen molar-refractivity contribution in [2.24, 2.45) is 0 Å². The van der Waals surface area contributed by atoms with Crippen LogP contribution in [0.1, 0.15) is 51.9 Å². The van der Waals surface area contributed by atoms with Crippen LogP contribution in [0.5, 0.6) is 11.5 Å². The first-order valence-electron chi connectivity index (χ1n) is 11.6. The number of nitrogens with one attached hydrogen (secondary N) is 1. The lowest BCUT2D eigenvalue weighted by Crippen LogP contribution is -2.15. The Morgan fingerprint density at radius 3 is 2.20 bits per heavy atom. The van der Waals surface area contributed by atoms with Gasteiger partial charge in [0.2, 0.25) is 5.91 Å². The van der Waals surface area contributed by atoms with Crippen LogP contribution in [0.15, 0.2) is 60.7 Å². The number of anilines is 1. The number of carbonyl (C=O) groups is 3. The van der Waals surface area contributed by atoms with Crippen molar-refractivity contribution in [1.82, 2.24) is 0 Å². The van der Waals surface area contributed by atoms with Crippen molar-refractivity contribution < 1.29 is 23.9 Å². The molecule has 182 valence electrons. The van der Waals surface area contributed by atoms with E-state index in [1.807, 2.05) is 52.0 Å².